The van der Waals surface area contributed by atoms with Crippen LogP contribution >= 0.6 is 23.4 Å². The molecule has 3 rings (SSSR count). The molecule has 3 nitrogen and oxygen atoms in total. The van der Waals surface area contributed by atoms with E-state index in [4.69, 9.17) is 21.1 Å². The molecular weight excluding hydrogens is 449 g/mol. The number of alkyl halides is 3. The Kier molecular flexibility index (Phi) is 7.47. The van der Waals surface area contributed by atoms with Crippen LogP contribution in [0.3, 0.4) is 0 Å². The summed E-state index contributed by atoms with van der Waals surface area (Å²) in [6.45, 7) is 2.32. The number of esters is 1. The molecule has 0 aliphatic heterocycles. The summed E-state index contributed by atoms with van der Waals surface area (Å²) in [6.07, 6.45) is -1.68. The van der Waals surface area contributed by atoms with Crippen LogP contribution in [0.15, 0.2) is 41.3 Å². The Morgan fingerprint density at radius 2 is 1.84 bits per heavy atom. The predicted molar refractivity (Wildman–Crippen MR) is 117 cm³/mol. The Morgan fingerprint density at radius 3 is 2.39 bits per heavy atom. The number of rotatable bonds is 8. The van der Waals surface area contributed by atoms with Crippen molar-refractivity contribution in [2.75, 3.05) is 12.9 Å². The number of carbonyl (C=O) groups excluding carboxylic acids is 1. The lowest BCUT2D eigenvalue weighted by Gasteiger charge is -2.17. The van der Waals surface area contributed by atoms with Crippen LogP contribution in [-0.4, -0.2) is 31.1 Å². The van der Waals surface area contributed by atoms with Gasteiger partial charge in [0.2, 0.25) is 0 Å². The Hall–Kier alpha value is -1.86. The maximum absolute atomic E-state index is 12.8. The van der Waals surface area contributed by atoms with Crippen molar-refractivity contribution in [1.29, 1.82) is 0 Å². The molecule has 0 aromatic heterocycles. The topological polar surface area (TPSA) is 35.5 Å². The van der Waals surface area contributed by atoms with E-state index in [1.54, 1.807) is 30.8 Å². The van der Waals surface area contributed by atoms with Crippen molar-refractivity contribution >= 4 is 29.3 Å². The van der Waals surface area contributed by atoms with E-state index in [0.717, 1.165) is 16.9 Å². The molecule has 3 atom stereocenters. The van der Waals surface area contributed by atoms with Crippen molar-refractivity contribution in [2.45, 2.75) is 49.8 Å². The van der Waals surface area contributed by atoms with Crippen LogP contribution in [0.5, 0.6) is 5.75 Å². The second-order valence-corrected chi connectivity index (χ2v) is 8.70. The van der Waals surface area contributed by atoms with Crippen molar-refractivity contribution in [1.82, 2.24) is 0 Å². The molecule has 0 spiro atoms. The first kappa shape index (κ1) is 23.8. The molecule has 3 unspecified atom stereocenters. The summed E-state index contributed by atoms with van der Waals surface area (Å²) in [6, 6.07) is 10.9. The fourth-order valence-corrected chi connectivity index (χ4v) is 4.44. The first-order valence-electron chi connectivity index (χ1n) is 10.0. The molecule has 0 N–H and O–H groups in total. The minimum atomic E-state index is -4.48. The van der Waals surface area contributed by atoms with Crippen molar-refractivity contribution in [3.05, 3.63) is 47.0 Å². The molecule has 8 heteroatoms. The molecule has 0 bridgehead atoms. The first-order valence-corrected chi connectivity index (χ1v) is 11.7. The summed E-state index contributed by atoms with van der Waals surface area (Å²) in [5, 5.41) is 0.105. The fourth-order valence-electron chi connectivity index (χ4n) is 3.75. The summed E-state index contributed by atoms with van der Waals surface area (Å²) >= 11 is 7.98. The Morgan fingerprint density at radius 1 is 1.16 bits per heavy atom. The second-order valence-electron chi connectivity index (χ2n) is 7.42. The third-order valence-corrected chi connectivity index (χ3v) is 6.38. The van der Waals surface area contributed by atoms with Gasteiger partial charge < -0.3 is 9.47 Å². The normalized spacial score (nSPS) is 20.4. The van der Waals surface area contributed by atoms with E-state index in [1.165, 1.54) is 0 Å². The zero-order chi connectivity index (χ0) is 22.8. The van der Waals surface area contributed by atoms with E-state index in [-0.39, 0.29) is 41.1 Å². The van der Waals surface area contributed by atoms with Gasteiger partial charge in [-0.25, -0.2) is 0 Å². The highest BCUT2D eigenvalue weighted by Gasteiger charge is 2.53. The Balaban J connectivity index is 2.00. The van der Waals surface area contributed by atoms with Crippen LogP contribution in [0.25, 0.3) is 11.1 Å². The van der Waals surface area contributed by atoms with Crippen LogP contribution in [0.4, 0.5) is 13.2 Å². The number of hydrogen-bond acceptors (Lipinski definition) is 4. The zero-order valence-electron chi connectivity index (χ0n) is 17.5. The van der Waals surface area contributed by atoms with Crippen LogP contribution in [0.2, 0.25) is 5.02 Å². The van der Waals surface area contributed by atoms with Gasteiger partial charge >= 0.3 is 12.1 Å². The SMILES string of the molecule is CCC(=O)OC1C(CC)C1c1cc(Cl)c(OCC(F)(F)F)c(-c2ccc(SC)cc2)c1. The van der Waals surface area contributed by atoms with Gasteiger partial charge in [0.05, 0.1) is 5.02 Å². The lowest BCUT2D eigenvalue weighted by molar-refractivity contribution is -0.153. The maximum Gasteiger partial charge on any atom is 0.422 e. The maximum atomic E-state index is 12.8. The molecular formula is C23H24ClF3O3S. The summed E-state index contributed by atoms with van der Waals surface area (Å²) in [5.41, 5.74) is 2.02. The van der Waals surface area contributed by atoms with Crippen molar-refractivity contribution in [2.24, 2.45) is 5.92 Å². The Bertz CT molecular complexity index is 931. The molecule has 2 aromatic carbocycles. The van der Waals surface area contributed by atoms with Crippen molar-refractivity contribution in [3.63, 3.8) is 0 Å². The van der Waals surface area contributed by atoms with Gasteiger partial charge in [0.1, 0.15) is 11.9 Å². The minimum absolute atomic E-state index is 0.00422. The Labute approximate surface area is 189 Å². The van der Waals surface area contributed by atoms with Crippen LogP contribution < -0.4 is 4.74 Å². The van der Waals surface area contributed by atoms with Gasteiger partial charge in [-0.3, -0.25) is 4.79 Å². The third-order valence-electron chi connectivity index (χ3n) is 5.36. The number of carbonyl (C=O) groups is 1. The zero-order valence-corrected chi connectivity index (χ0v) is 19.0. The van der Waals surface area contributed by atoms with E-state index in [2.05, 4.69) is 0 Å². The second kappa shape index (κ2) is 9.74. The third kappa shape index (κ3) is 5.69. The predicted octanol–water partition coefficient (Wildman–Crippen LogP) is 7.12. The fraction of sp³-hybridized carbons (Fsp3) is 0.435. The summed E-state index contributed by atoms with van der Waals surface area (Å²) in [5.74, 6) is -0.162. The van der Waals surface area contributed by atoms with Gasteiger partial charge in [-0.2, -0.15) is 13.2 Å². The number of thioether (sulfide) groups is 1. The van der Waals surface area contributed by atoms with Crippen LogP contribution in [0, 0.1) is 5.92 Å². The lowest BCUT2D eigenvalue weighted by Crippen LogP contribution is -2.19. The molecule has 1 saturated carbocycles. The molecule has 1 aliphatic carbocycles. The van der Waals surface area contributed by atoms with Crippen LogP contribution in [0.1, 0.15) is 38.2 Å². The molecule has 2 aromatic rings. The number of hydrogen-bond donors (Lipinski definition) is 0. The van der Waals surface area contributed by atoms with Crippen molar-refractivity contribution < 1.29 is 27.4 Å². The molecule has 1 fully saturated rings. The van der Waals surface area contributed by atoms with E-state index >= 15 is 0 Å². The van der Waals surface area contributed by atoms with Crippen molar-refractivity contribution in [3.8, 4) is 16.9 Å². The lowest BCUT2D eigenvalue weighted by atomic mass is 9.98. The van der Waals surface area contributed by atoms with Crippen LogP contribution in [-0.2, 0) is 9.53 Å². The van der Waals surface area contributed by atoms with Gasteiger partial charge in [0.25, 0.3) is 0 Å². The monoisotopic (exact) mass is 472 g/mol. The molecule has 0 saturated heterocycles. The molecule has 31 heavy (non-hydrogen) atoms. The van der Waals surface area contributed by atoms with E-state index in [9.17, 15) is 18.0 Å². The summed E-state index contributed by atoms with van der Waals surface area (Å²) < 4.78 is 49.1. The van der Waals surface area contributed by atoms with E-state index in [1.807, 2.05) is 37.4 Å². The molecule has 0 amide bonds. The van der Waals surface area contributed by atoms with E-state index < -0.39 is 12.8 Å². The largest absolute Gasteiger partial charge is 0.482 e. The summed E-state index contributed by atoms with van der Waals surface area (Å²) in [4.78, 5) is 12.8. The smallest absolute Gasteiger partial charge is 0.422 e. The highest BCUT2D eigenvalue weighted by molar-refractivity contribution is 7.98. The minimum Gasteiger partial charge on any atom is -0.482 e. The van der Waals surface area contributed by atoms with E-state index in [0.29, 0.717) is 11.1 Å². The molecule has 1 aliphatic rings. The highest BCUT2D eigenvalue weighted by Crippen LogP contribution is 2.54. The van der Waals surface area contributed by atoms with Gasteiger partial charge in [-0.15, -0.1) is 11.8 Å². The molecule has 0 heterocycles. The highest BCUT2D eigenvalue weighted by atomic mass is 35.5. The molecule has 0 radical (unpaired) electrons. The van der Waals surface area contributed by atoms with Gasteiger partial charge in [-0.05, 0) is 48.1 Å². The number of benzene rings is 2. The average Bonchev–Trinajstić information content (AvgIpc) is 3.43. The van der Waals surface area contributed by atoms with Gasteiger partial charge in [-0.1, -0.05) is 37.6 Å². The molecule has 168 valence electrons. The standard InChI is InChI=1S/C23H24ClF3O3S/c1-4-16-20(22(16)30-19(28)5-2)14-10-17(13-6-8-15(31-3)9-7-13)21(18(24)11-14)29-12-23(25,26)27/h6-11,16,20,22H,4-5,12H2,1-3H3. The van der Waals surface area contributed by atoms with Gasteiger partial charge in [0.15, 0.2) is 6.61 Å². The van der Waals surface area contributed by atoms with Gasteiger partial charge in [0, 0.05) is 28.7 Å². The first-order chi connectivity index (χ1) is 14.7. The number of ether oxygens (including phenoxy) is 2. The average molecular weight is 473 g/mol. The quantitative estimate of drug-likeness (QED) is 0.303. The summed E-state index contributed by atoms with van der Waals surface area (Å²) in [7, 11) is 0. The number of halogens is 4.